The van der Waals surface area contributed by atoms with Gasteiger partial charge in [0, 0.05) is 37.9 Å². The van der Waals surface area contributed by atoms with E-state index in [1.165, 1.54) is 0 Å². The van der Waals surface area contributed by atoms with Crippen LogP contribution in [-0.4, -0.2) is 50.2 Å². The van der Waals surface area contributed by atoms with Gasteiger partial charge >= 0.3 is 0 Å². The van der Waals surface area contributed by atoms with E-state index in [1.807, 2.05) is 29.2 Å². The van der Waals surface area contributed by atoms with Crippen LogP contribution in [0.2, 0.25) is 0 Å². The molecule has 2 N–H and O–H groups in total. The molecule has 0 atom stereocenters. The van der Waals surface area contributed by atoms with Gasteiger partial charge in [-0.3, -0.25) is 4.79 Å². The molecule has 1 aromatic rings. The summed E-state index contributed by atoms with van der Waals surface area (Å²) in [5, 5.41) is 15.2. The molecule has 1 heterocycles. The van der Waals surface area contributed by atoms with Crippen LogP contribution < -0.4 is 10.2 Å². The number of carbonyl (C=O) groups excluding carboxylic acids is 1. The molecule has 0 spiro atoms. The molecule has 0 fully saturated rings. The molecule has 0 saturated heterocycles. The molecular formula is C14H19N3O3. The van der Waals surface area contributed by atoms with Crippen molar-refractivity contribution < 1.29 is 14.7 Å². The lowest BCUT2D eigenvalue weighted by molar-refractivity contribution is -0.119. The number of para-hydroxylation sites is 1. The number of methoxy groups -OCH3 is 1. The van der Waals surface area contributed by atoms with Crippen LogP contribution in [0.1, 0.15) is 12.0 Å². The van der Waals surface area contributed by atoms with Crippen molar-refractivity contribution in [3.8, 4) is 0 Å². The molecule has 108 valence electrons. The largest absolute Gasteiger partial charge is 0.411 e. The van der Waals surface area contributed by atoms with Crippen molar-refractivity contribution in [1.29, 1.82) is 0 Å². The number of anilines is 1. The molecule has 0 radical (unpaired) electrons. The van der Waals surface area contributed by atoms with Crippen LogP contribution >= 0.6 is 0 Å². The molecule has 0 aliphatic carbocycles. The van der Waals surface area contributed by atoms with Gasteiger partial charge in [0.2, 0.25) is 5.91 Å². The summed E-state index contributed by atoms with van der Waals surface area (Å²) in [6, 6.07) is 7.64. The summed E-state index contributed by atoms with van der Waals surface area (Å²) in [5.41, 5.74) is 2.47. The van der Waals surface area contributed by atoms with Gasteiger partial charge in [0.05, 0.1) is 18.9 Å². The van der Waals surface area contributed by atoms with Crippen LogP contribution in [0.4, 0.5) is 5.69 Å². The maximum atomic E-state index is 11.9. The lowest BCUT2D eigenvalue weighted by atomic mass is 9.99. The fourth-order valence-corrected chi connectivity index (χ4v) is 2.28. The van der Waals surface area contributed by atoms with Crippen LogP contribution in [0.25, 0.3) is 0 Å². The first-order valence-electron chi connectivity index (χ1n) is 6.57. The van der Waals surface area contributed by atoms with Gasteiger partial charge in [-0.15, -0.1) is 0 Å². The minimum absolute atomic E-state index is 0.0405. The van der Waals surface area contributed by atoms with E-state index in [1.54, 1.807) is 7.11 Å². The van der Waals surface area contributed by atoms with Gasteiger partial charge in [-0.1, -0.05) is 23.4 Å². The Hall–Kier alpha value is -2.08. The summed E-state index contributed by atoms with van der Waals surface area (Å²) >= 11 is 0. The second-order valence-corrected chi connectivity index (χ2v) is 4.58. The summed E-state index contributed by atoms with van der Waals surface area (Å²) in [6.07, 6.45) is 0.624. The van der Waals surface area contributed by atoms with E-state index in [0.717, 1.165) is 11.3 Å². The fraction of sp³-hybridized carbons (Fsp3) is 0.429. The van der Waals surface area contributed by atoms with E-state index in [9.17, 15) is 4.79 Å². The highest BCUT2D eigenvalue weighted by Crippen LogP contribution is 2.26. The smallest absolute Gasteiger partial charge is 0.239 e. The molecule has 1 aliphatic heterocycles. The first-order valence-corrected chi connectivity index (χ1v) is 6.57. The highest BCUT2D eigenvalue weighted by atomic mass is 16.5. The molecule has 1 aromatic carbocycles. The molecule has 0 saturated carbocycles. The number of benzene rings is 1. The Kier molecular flexibility index (Phi) is 4.95. The van der Waals surface area contributed by atoms with Crippen LogP contribution in [0.15, 0.2) is 29.4 Å². The van der Waals surface area contributed by atoms with Gasteiger partial charge < -0.3 is 20.2 Å². The van der Waals surface area contributed by atoms with Crippen molar-refractivity contribution >= 4 is 17.3 Å². The predicted molar refractivity (Wildman–Crippen MR) is 76.5 cm³/mol. The van der Waals surface area contributed by atoms with Crippen molar-refractivity contribution in [3.63, 3.8) is 0 Å². The maximum Gasteiger partial charge on any atom is 0.239 e. The number of oxime groups is 1. The number of nitrogens with zero attached hydrogens (tertiary/aromatic N) is 2. The minimum Gasteiger partial charge on any atom is -0.411 e. The number of hydrogen-bond acceptors (Lipinski definition) is 5. The van der Waals surface area contributed by atoms with E-state index >= 15 is 0 Å². The quantitative estimate of drug-likeness (QED) is 0.475. The Bertz CT molecular complexity index is 502. The highest BCUT2D eigenvalue weighted by molar-refractivity contribution is 6.07. The second kappa shape index (κ2) is 6.91. The molecule has 20 heavy (non-hydrogen) atoms. The number of carbonyl (C=O) groups is 1. The summed E-state index contributed by atoms with van der Waals surface area (Å²) in [4.78, 5) is 13.9. The molecule has 2 rings (SSSR count). The third-order valence-electron chi connectivity index (χ3n) is 3.26. The van der Waals surface area contributed by atoms with E-state index in [2.05, 4.69) is 10.5 Å². The number of nitrogens with one attached hydrogen (secondary N) is 1. The lowest BCUT2D eigenvalue weighted by Crippen LogP contribution is -2.41. The molecule has 6 nitrogen and oxygen atoms in total. The zero-order chi connectivity index (χ0) is 14.4. The van der Waals surface area contributed by atoms with Crippen molar-refractivity contribution in [2.24, 2.45) is 5.16 Å². The molecule has 6 heteroatoms. The molecular weight excluding hydrogens is 258 g/mol. The third-order valence-corrected chi connectivity index (χ3v) is 3.26. The second-order valence-electron chi connectivity index (χ2n) is 4.58. The standard InChI is InChI=1S/C14H19N3O3/c1-20-9-7-15-14(18)10-17-8-6-12(16-19)11-4-2-3-5-13(11)17/h2-5,19H,6-10H2,1H3,(H,15,18). The van der Waals surface area contributed by atoms with Gasteiger partial charge in [-0.25, -0.2) is 0 Å². The van der Waals surface area contributed by atoms with E-state index in [4.69, 9.17) is 9.94 Å². The average molecular weight is 277 g/mol. The Morgan fingerprint density at radius 2 is 2.30 bits per heavy atom. The zero-order valence-electron chi connectivity index (χ0n) is 11.5. The highest BCUT2D eigenvalue weighted by Gasteiger charge is 2.22. The van der Waals surface area contributed by atoms with Crippen molar-refractivity contribution in [1.82, 2.24) is 5.32 Å². The fourth-order valence-electron chi connectivity index (χ4n) is 2.28. The van der Waals surface area contributed by atoms with Crippen LogP contribution in [0, 0.1) is 0 Å². The molecule has 0 aromatic heterocycles. The number of amides is 1. The van der Waals surface area contributed by atoms with Gasteiger partial charge in [0.1, 0.15) is 0 Å². The summed E-state index contributed by atoms with van der Waals surface area (Å²) in [6.45, 7) is 1.96. The van der Waals surface area contributed by atoms with E-state index < -0.39 is 0 Å². The summed E-state index contributed by atoms with van der Waals surface area (Å²) in [7, 11) is 1.60. The number of hydrogen-bond donors (Lipinski definition) is 2. The molecule has 1 aliphatic rings. The first kappa shape index (κ1) is 14.3. The Morgan fingerprint density at radius 1 is 1.50 bits per heavy atom. The van der Waals surface area contributed by atoms with Crippen LogP contribution in [0.3, 0.4) is 0 Å². The van der Waals surface area contributed by atoms with Gasteiger partial charge in [-0.2, -0.15) is 0 Å². The molecule has 1 amide bonds. The minimum atomic E-state index is -0.0405. The van der Waals surface area contributed by atoms with Crippen molar-refractivity contribution in [2.75, 3.05) is 38.3 Å². The SMILES string of the molecule is COCCNC(=O)CN1CCC(=NO)c2ccccc21. The predicted octanol–water partition coefficient (Wildman–Crippen LogP) is 0.838. The van der Waals surface area contributed by atoms with E-state index in [0.29, 0.717) is 38.4 Å². The van der Waals surface area contributed by atoms with E-state index in [-0.39, 0.29) is 5.91 Å². The number of rotatable bonds is 5. The topological polar surface area (TPSA) is 74.2 Å². The third kappa shape index (κ3) is 3.27. The Labute approximate surface area is 118 Å². The zero-order valence-corrected chi connectivity index (χ0v) is 11.5. The Morgan fingerprint density at radius 3 is 3.05 bits per heavy atom. The monoisotopic (exact) mass is 277 g/mol. The van der Waals surface area contributed by atoms with Crippen molar-refractivity contribution in [2.45, 2.75) is 6.42 Å². The Balaban J connectivity index is 2.05. The van der Waals surface area contributed by atoms with Crippen molar-refractivity contribution in [3.05, 3.63) is 29.8 Å². The number of ether oxygens (including phenoxy) is 1. The lowest BCUT2D eigenvalue weighted by Gasteiger charge is -2.30. The average Bonchev–Trinajstić information content (AvgIpc) is 2.48. The van der Waals surface area contributed by atoms with Gasteiger partial charge in [-0.05, 0) is 6.07 Å². The molecule has 0 unspecified atom stereocenters. The number of fused-ring (bicyclic) bond motifs is 1. The molecule has 0 bridgehead atoms. The van der Waals surface area contributed by atoms with Gasteiger partial charge in [0.15, 0.2) is 0 Å². The summed E-state index contributed by atoms with van der Waals surface area (Å²) < 4.78 is 4.90. The first-order chi connectivity index (χ1) is 9.76. The normalized spacial score (nSPS) is 16.1. The van der Waals surface area contributed by atoms with Gasteiger partial charge in [0.25, 0.3) is 0 Å². The summed E-state index contributed by atoms with van der Waals surface area (Å²) in [5.74, 6) is -0.0405. The van der Waals surface area contributed by atoms with Crippen LogP contribution in [0.5, 0.6) is 0 Å². The van der Waals surface area contributed by atoms with Crippen LogP contribution in [-0.2, 0) is 9.53 Å². The maximum absolute atomic E-state index is 11.9.